The number of rotatable bonds is 9. The monoisotopic (exact) mass is 290 g/mol. The summed E-state index contributed by atoms with van der Waals surface area (Å²) in [5.74, 6) is 0.824. The Balaban J connectivity index is 2.41. The first-order chi connectivity index (χ1) is 10.1. The number of aryl methyl sites for hydroxylation is 1. The van der Waals surface area contributed by atoms with E-state index in [1.54, 1.807) is 0 Å². The van der Waals surface area contributed by atoms with Crippen LogP contribution in [0, 0.1) is 12.8 Å². The van der Waals surface area contributed by atoms with Crippen LogP contribution in [0.25, 0.3) is 0 Å². The van der Waals surface area contributed by atoms with Crippen LogP contribution in [0.15, 0.2) is 24.3 Å². The number of hydrogen-bond acceptors (Lipinski definition) is 2. The lowest BCUT2D eigenvalue weighted by Gasteiger charge is -2.20. The van der Waals surface area contributed by atoms with E-state index < -0.39 is 0 Å². The van der Waals surface area contributed by atoms with Crippen molar-refractivity contribution in [2.24, 2.45) is 11.7 Å². The molecule has 118 valence electrons. The maximum absolute atomic E-state index is 12.2. The van der Waals surface area contributed by atoms with Crippen molar-refractivity contribution in [2.45, 2.75) is 52.5 Å². The van der Waals surface area contributed by atoms with Crippen LogP contribution >= 0.6 is 0 Å². The molecule has 0 saturated carbocycles. The second-order valence-electron chi connectivity index (χ2n) is 6.01. The highest BCUT2D eigenvalue weighted by Crippen LogP contribution is 2.18. The molecule has 1 amide bonds. The van der Waals surface area contributed by atoms with Gasteiger partial charge in [-0.25, -0.2) is 0 Å². The van der Waals surface area contributed by atoms with Gasteiger partial charge < -0.3 is 10.6 Å². The van der Waals surface area contributed by atoms with Gasteiger partial charge in [-0.15, -0.1) is 0 Å². The van der Waals surface area contributed by atoms with Crippen LogP contribution in [0.2, 0.25) is 0 Å². The van der Waals surface area contributed by atoms with Gasteiger partial charge in [0.1, 0.15) is 0 Å². The maximum atomic E-state index is 12.2. The van der Waals surface area contributed by atoms with Crippen LogP contribution < -0.4 is 5.73 Å². The van der Waals surface area contributed by atoms with E-state index in [1.165, 1.54) is 17.5 Å². The van der Waals surface area contributed by atoms with Crippen LogP contribution in [0.1, 0.15) is 50.2 Å². The molecule has 0 spiro atoms. The first-order valence-electron chi connectivity index (χ1n) is 8.06. The number of carbonyl (C=O) groups is 1. The topological polar surface area (TPSA) is 46.3 Å². The third-order valence-corrected chi connectivity index (χ3v) is 4.00. The molecule has 1 aromatic rings. The minimum atomic E-state index is 0.230. The van der Waals surface area contributed by atoms with Crippen LogP contribution in [0.3, 0.4) is 0 Å². The zero-order valence-corrected chi connectivity index (χ0v) is 13.8. The molecule has 0 radical (unpaired) electrons. The fourth-order valence-corrected chi connectivity index (χ4v) is 2.65. The Morgan fingerprint density at radius 1 is 1.19 bits per heavy atom. The number of hydrogen-bond donors (Lipinski definition) is 1. The predicted molar refractivity (Wildman–Crippen MR) is 89.0 cm³/mol. The van der Waals surface area contributed by atoms with Gasteiger partial charge in [-0.05, 0) is 37.8 Å². The Kier molecular flexibility index (Phi) is 8.06. The van der Waals surface area contributed by atoms with E-state index in [9.17, 15) is 4.79 Å². The molecule has 1 rings (SSSR count). The molecule has 1 aromatic carbocycles. The zero-order chi connectivity index (χ0) is 15.7. The Bertz CT molecular complexity index is 408. The molecule has 2 N–H and O–H groups in total. The Hall–Kier alpha value is -1.35. The van der Waals surface area contributed by atoms with Gasteiger partial charge in [0.15, 0.2) is 0 Å². The van der Waals surface area contributed by atoms with Gasteiger partial charge in [-0.1, -0.05) is 49.6 Å². The summed E-state index contributed by atoms with van der Waals surface area (Å²) >= 11 is 0. The lowest BCUT2D eigenvalue weighted by Crippen LogP contribution is -2.26. The van der Waals surface area contributed by atoms with Crippen LogP contribution in [-0.4, -0.2) is 24.4 Å². The lowest BCUT2D eigenvalue weighted by atomic mass is 9.94. The molecule has 0 fully saturated rings. The van der Waals surface area contributed by atoms with Crippen molar-refractivity contribution in [1.82, 2.24) is 4.90 Å². The normalized spacial score (nSPS) is 12.2. The molecule has 0 saturated heterocycles. The van der Waals surface area contributed by atoms with Crippen molar-refractivity contribution in [2.75, 3.05) is 13.6 Å². The van der Waals surface area contributed by atoms with Crippen LogP contribution in [0.4, 0.5) is 0 Å². The molecule has 3 nitrogen and oxygen atoms in total. The highest BCUT2D eigenvalue weighted by molar-refractivity contribution is 5.75. The molecule has 0 aliphatic carbocycles. The quantitative estimate of drug-likeness (QED) is 0.756. The van der Waals surface area contributed by atoms with Crippen LogP contribution in [0.5, 0.6) is 0 Å². The average molecular weight is 290 g/mol. The maximum Gasteiger partial charge on any atom is 0.222 e. The van der Waals surface area contributed by atoms with Gasteiger partial charge in [0.25, 0.3) is 0 Å². The molecule has 0 aliphatic rings. The molecule has 3 heteroatoms. The van der Waals surface area contributed by atoms with Crippen molar-refractivity contribution in [1.29, 1.82) is 0 Å². The molecule has 0 aliphatic heterocycles. The van der Waals surface area contributed by atoms with Gasteiger partial charge in [0, 0.05) is 20.0 Å². The van der Waals surface area contributed by atoms with E-state index in [1.807, 2.05) is 11.9 Å². The highest BCUT2D eigenvalue weighted by atomic mass is 16.2. The molecule has 0 heterocycles. The molecule has 21 heavy (non-hydrogen) atoms. The zero-order valence-electron chi connectivity index (χ0n) is 13.8. The minimum absolute atomic E-state index is 0.230. The molecule has 1 atom stereocenters. The van der Waals surface area contributed by atoms with E-state index in [4.69, 9.17) is 5.73 Å². The van der Waals surface area contributed by atoms with Gasteiger partial charge in [-0.2, -0.15) is 0 Å². The van der Waals surface area contributed by atoms with E-state index >= 15 is 0 Å². The number of carbonyl (C=O) groups excluding carboxylic acids is 1. The van der Waals surface area contributed by atoms with Gasteiger partial charge in [-0.3, -0.25) is 4.79 Å². The lowest BCUT2D eigenvalue weighted by molar-refractivity contribution is -0.130. The molecule has 0 bridgehead atoms. The van der Waals surface area contributed by atoms with Gasteiger partial charge >= 0.3 is 0 Å². The second-order valence-corrected chi connectivity index (χ2v) is 6.01. The highest BCUT2D eigenvalue weighted by Gasteiger charge is 2.13. The van der Waals surface area contributed by atoms with E-state index in [2.05, 4.69) is 38.1 Å². The van der Waals surface area contributed by atoms with Crippen molar-refractivity contribution in [3.05, 3.63) is 35.4 Å². The third-order valence-electron chi connectivity index (χ3n) is 4.00. The number of nitrogens with zero attached hydrogens (tertiary/aromatic N) is 1. The van der Waals surface area contributed by atoms with Crippen molar-refractivity contribution in [3.63, 3.8) is 0 Å². The first-order valence-corrected chi connectivity index (χ1v) is 8.06. The fraction of sp³-hybridized carbons (Fsp3) is 0.611. The predicted octanol–water partition coefficient (Wildman–Crippen LogP) is 3.50. The molecule has 1 unspecified atom stereocenters. The van der Waals surface area contributed by atoms with Crippen molar-refractivity contribution in [3.8, 4) is 0 Å². The van der Waals surface area contributed by atoms with Crippen molar-refractivity contribution >= 4 is 5.91 Å². The Morgan fingerprint density at radius 3 is 2.43 bits per heavy atom. The third kappa shape index (κ3) is 6.76. The van der Waals surface area contributed by atoms with E-state index in [0.29, 0.717) is 18.9 Å². The molecular formula is C18H30N2O. The summed E-state index contributed by atoms with van der Waals surface area (Å²) in [5.41, 5.74) is 8.08. The second kappa shape index (κ2) is 9.56. The SMILES string of the molecule is CCCC(CCN)CCC(=O)N(C)Cc1ccc(C)cc1. The summed E-state index contributed by atoms with van der Waals surface area (Å²) in [6, 6.07) is 8.36. The first kappa shape index (κ1) is 17.7. The summed E-state index contributed by atoms with van der Waals surface area (Å²) in [5, 5.41) is 0. The average Bonchev–Trinajstić information content (AvgIpc) is 2.47. The van der Waals surface area contributed by atoms with E-state index in [-0.39, 0.29) is 5.91 Å². The standard InChI is InChI=1S/C18H30N2O/c1-4-5-16(12-13-19)10-11-18(21)20(3)14-17-8-6-15(2)7-9-17/h6-9,16H,4-5,10-14,19H2,1-3H3. The van der Waals surface area contributed by atoms with Crippen molar-refractivity contribution < 1.29 is 4.79 Å². The van der Waals surface area contributed by atoms with Gasteiger partial charge in [0.05, 0.1) is 0 Å². The summed E-state index contributed by atoms with van der Waals surface area (Å²) in [6.45, 7) is 5.67. The van der Waals surface area contributed by atoms with Gasteiger partial charge in [0.2, 0.25) is 5.91 Å². The number of amides is 1. The minimum Gasteiger partial charge on any atom is -0.341 e. The van der Waals surface area contributed by atoms with Crippen LogP contribution in [-0.2, 0) is 11.3 Å². The number of benzene rings is 1. The largest absolute Gasteiger partial charge is 0.341 e. The Morgan fingerprint density at radius 2 is 1.86 bits per heavy atom. The van der Waals surface area contributed by atoms with E-state index in [0.717, 1.165) is 25.8 Å². The number of nitrogens with two attached hydrogens (primary N) is 1. The summed E-state index contributed by atoms with van der Waals surface area (Å²) in [6.07, 6.45) is 4.96. The smallest absolute Gasteiger partial charge is 0.222 e. The summed E-state index contributed by atoms with van der Waals surface area (Å²) < 4.78 is 0. The fourth-order valence-electron chi connectivity index (χ4n) is 2.65. The molecule has 0 aromatic heterocycles. The summed E-state index contributed by atoms with van der Waals surface area (Å²) in [7, 11) is 1.89. The Labute approximate surface area is 129 Å². The summed E-state index contributed by atoms with van der Waals surface area (Å²) in [4.78, 5) is 14.1. The molecular weight excluding hydrogens is 260 g/mol.